The summed E-state index contributed by atoms with van der Waals surface area (Å²) in [6.45, 7) is 5.16. The van der Waals surface area contributed by atoms with E-state index in [0.29, 0.717) is 0 Å². The summed E-state index contributed by atoms with van der Waals surface area (Å²) in [6.07, 6.45) is 4.27. The molecule has 3 heteroatoms. The Bertz CT molecular complexity index is 137. The van der Waals surface area contributed by atoms with Crippen molar-refractivity contribution in [2.45, 2.75) is 19.3 Å². The van der Waals surface area contributed by atoms with Crippen molar-refractivity contribution in [3.05, 3.63) is 0 Å². The molecule has 1 atom stereocenters. The Balaban J connectivity index is 1.80. The van der Waals surface area contributed by atoms with Crippen LogP contribution in [-0.2, 0) is 0 Å². The van der Waals surface area contributed by atoms with Gasteiger partial charge in [0.2, 0.25) is 0 Å². The van der Waals surface area contributed by atoms with Crippen molar-refractivity contribution in [2.75, 3.05) is 26.2 Å². The van der Waals surface area contributed by atoms with Gasteiger partial charge in [-0.25, -0.2) is 3.11 Å². The molecule has 2 heterocycles. The fourth-order valence-electron chi connectivity index (χ4n) is 2.42. The first-order chi connectivity index (χ1) is 5.86. The number of hydrogen-bond donors (Lipinski definition) is 1. The van der Waals surface area contributed by atoms with Crippen molar-refractivity contribution in [2.24, 2.45) is 11.8 Å². The van der Waals surface area contributed by atoms with Crippen LogP contribution in [0.15, 0.2) is 0 Å². The predicted octanol–water partition coefficient (Wildman–Crippen LogP) is 1.66. The molecule has 2 nitrogen and oxygen atoms in total. The topological polar surface area (TPSA) is 15.3 Å². The number of nitrogens with one attached hydrogen (secondary N) is 1. The van der Waals surface area contributed by atoms with Gasteiger partial charge < -0.3 is 5.32 Å². The molecular weight excluding hydrogens is 263 g/mol. The Kier molecular flexibility index (Phi) is 3.26. The van der Waals surface area contributed by atoms with Crippen molar-refractivity contribution < 1.29 is 0 Å². The molecule has 0 aliphatic carbocycles. The average Bonchev–Trinajstić information content (AvgIpc) is 2.58. The molecule has 70 valence electrons. The molecule has 2 rings (SSSR count). The number of hydrogen-bond acceptors (Lipinski definition) is 2. The minimum absolute atomic E-state index is 0.995. The van der Waals surface area contributed by atoms with Gasteiger partial charge in [0.05, 0.1) is 0 Å². The second-order valence-corrected chi connectivity index (χ2v) is 5.36. The Labute approximate surface area is 88.6 Å². The number of rotatable bonds is 1. The van der Waals surface area contributed by atoms with E-state index in [1.165, 1.54) is 45.4 Å². The first kappa shape index (κ1) is 9.21. The van der Waals surface area contributed by atoms with Gasteiger partial charge in [0.15, 0.2) is 0 Å². The first-order valence-corrected chi connectivity index (χ1v) is 5.94. The SMILES string of the molecule is IN1CCC(C2CCNC2)CC1. The summed E-state index contributed by atoms with van der Waals surface area (Å²) in [7, 11) is 0. The molecule has 1 N–H and O–H groups in total. The molecule has 12 heavy (non-hydrogen) atoms. The van der Waals surface area contributed by atoms with Gasteiger partial charge in [-0.05, 0) is 44.2 Å². The molecule has 0 spiro atoms. The van der Waals surface area contributed by atoms with Crippen LogP contribution in [0.4, 0.5) is 0 Å². The van der Waals surface area contributed by atoms with Crippen LogP contribution in [0.2, 0.25) is 0 Å². The minimum atomic E-state index is 0.995. The Morgan fingerprint density at radius 3 is 2.42 bits per heavy atom. The third-order valence-corrected chi connectivity index (χ3v) is 4.21. The monoisotopic (exact) mass is 280 g/mol. The van der Waals surface area contributed by atoms with E-state index < -0.39 is 0 Å². The van der Waals surface area contributed by atoms with E-state index in [1.54, 1.807) is 0 Å². The van der Waals surface area contributed by atoms with Gasteiger partial charge in [-0.15, -0.1) is 0 Å². The maximum Gasteiger partial charge on any atom is 0.0201 e. The zero-order valence-electron chi connectivity index (χ0n) is 7.43. The normalized spacial score (nSPS) is 34.2. The highest BCUT2D eigenvalue weighted by Crippen LogP contribution is 2.29. The Morgan fingerprint density at radius 1 is 1.08 bits per heavy atom. The summed E-state index contributed by atoms with van der Waals surface area (Å²) >= 11 is 2.45. The smallest absolute Gasteiger partial charge is 0.0201 e. The second-order valence-electron chi connectivity index (χ2n) is 4.00. The Morgan fingerprint density at radius 2 is 1.83 bits per heavy atom. The lowest BCUT2D eigenvalue weighted by Crippen LogP contribution is -2.30. The molecule has 2 aliphatic heterocycles. The van der Waals surface area contributed by atoms with Crippen LogP contribution < -0.4 is 5.32 Å². The molecule has 2 aliphatic rings. The molecule has 0 amide bonds. The van der Waals surface area contributed by atoms with E-state index in [0.717, 1.165) is 11.8 Å². The van der Waals surface area contributed by atoms with Crippen molar-refractivity contribution in [3.8, 4) is 0 Å². The van der Waals surface area contributed by atoms with Crippen LogP contribution in [0, 0.1) is 11.8 Å². The van der Waals surface area contributed by atoms with Gasteiger partial charge in [-0.3, -0.25) is 0 Å². The predicted molar refractivity (Wildman–Crippen MR) is 59.3 cm³/mol. The highest BCUT2D eigenvalue weighted by Gasteiger charge is 2.27. The van der Waals surface area contributed by atoms with E-state index in [-0.39, 0.29) is 0 Å². The van der Waals surface area contributed by atoms with E-state index in [2.05, 4.69) is 31.3 Å². The fourth-order valence-corrected chi connectivity index (χ4v) is 2.98. The van der Waals surface area contributed by atoms with E-state index in [9.17, 15) is 0 Å². The molecule has 0 bridgehead atoms. The van der Waals surface area contributed by atoms with Crippen LogP contribution in [0.3, 0.4) is 0 Å². The molecular formula is C9H17IN2. The zero-order chi connectivity index (χ0) is 8.39. The molecule has 2 fully saturated rings. The van der Waals surface area contributed by atoms with Crippen molar-refractivity contribution in [1.82, 2.24) is 8.43 Å². The summed E-state index contributed by atoms with van der Waals surface area (Å²) in [6, 6.07) is 0. The molecule has 0 aromatic carbocycles. The van der Waals surface area contributed by atoms with Gasteiger partial charge >= 0.3 is 0 Å². The molecule has 0 aromatic rings. The largest absolute Gasteiger partial charge is 0.316 e. The number of nitrogens with zero attached hydrogens (tertiary/aromatic N) is 1. The van der Waals surface area contributed by atoms with Crippen LogP contribution in [0.25, 0.3) is 0 Å². The molecule has 0 aromatic heterocycles. The van der Waals surface area contributed by atoms with E-state index in [4.69, 9.17) is 0 Å². The standard InChI is InChI=1S/C9H17IN2/c10-12-5-2-8(3-6-12)9-1-4-11-7-9/h8-9,11H,1-7H2. The summed E-state index contributed by atoms with van der Waals surface area (Å²) < 4.78 is 2.43. The third kappa shape index (κ3) is 2.12. The molecule has 0 radical (unpaired) electrons. The highest BCUT2D eigenvalue weighted by atomic mass is 127. The van der Waals surface area contributed by atoms with Gasteiger partial charge in [0.1, 0.15) is 0 Å². The van der Waals surface area contributed by atoms with Gasteiger partial charge in [0.25, 0.3) is 0 Å². The van der Waals surface area contributed by atoms with Crippen molar-refractivity contribution >= 4 is 22.9 Å². The van der Waals surface area contributed by atoms with Gasteiger partial charge in [0, 0.05) is 36.0 Å². The van der Waals surface area contributed by atoms with Gasteiger partial charge in [-0.2, -0.15) is 0 Å². The van der Waals surface area contributed by atoms with E-state index >= 15 is 0 Å². The lowest BCUT2D eigenvalue weighted by molar-refractivity contribution is 0.237. The first-order valence-electron chi connectivity index (χ1n) is 4.97. The highest BCUT2D eigenvalue weighted by molar-refractivity contribution is 14.1. The average molecular weight is 280 g/mol. The van der Waals surface area contributed by atoms with Crippen LogP contribution in [-0.4, -0.2) is 29.3 Å². The minimum Gasteiger partial charge on any atom is -0.316 e. The molecule has 0 saturated carbocycles. The number of halogens is 1. The second kappa shape index (κ2) is 4.24. The lowest BCUT2D eigenvalue weighted by atomic mass is 9.84. The summed E-state index contributed by atoms with van der Waals surface area (Å²) in [5, 5.41) is 3.47. The number of piperidine rings is 1. The third-order valence-electron chi connectivity index (χ3n) is 3.25. The summed E-state index contributed by atoms with van der Waals surface area (Å²) in [4.78, 5) is 0. The fraction of sp³-hybridized carbons (Fsp3) is 1.00. The molecule has 1 unspecified atom stereocenters. The quantitative estimate of drug-likeness (QED) is 0.580. The summed E-state index contributed by atoms with van der Waals surface area (Å²) in [5.41, 5.74) is 0. The lowest BCUT2D eigenvalue weighted by Gasteiger charge is -2.31. The zero-order valence-corrected chi connectivity index (χ0v) is 9.59. The van der Waals surface area contributed by atoms with E-state index in [1.807, 2.05) is 0 Å². The molecule has 2 saturated heterocycles. The van der Waals surface area contributed by atoms with Crippen molar-refractivity contribution in [3.63, 3.8) is 0 Å². The maximum atomic E-state index is 3.47. The Hall–Kier alpha value is 0.650. The van der Waals surface area contributed by atoms with Crippen LogP contribution >= 0.6 is 22.9 Å². The van der Waals surface area contributed by atoms with Gasteiger partial charge in [-0.1, -0.05) is 0 Å². The van der Waals surface area contributed by atoms with Crippen LogP contribution in [0.1, 0.15) is 19.3 Å². The maximum absolute atomic E-state index is 3.47. The summed E-state index contributed by atoms with van der Waals surface area (Å²) in [5.74, 6) is 2.01. The van der Waals surface area contributed by atoms with Crippen molar-refractivity contribution in [1.29, 1.82) is 0 Å². The van der Waals surface area contributed by atoms with Crippen LogP contribution in [0.5, 0.6) is 0 Å².